The molecule has 0 saturated heterocycles. The van der Waals surface area contributed by atoms with E-state index in [9.17, 15) is 9.90 Å². The maximum Gasteiger partial charge on any atom is 0.321 e. The molecule has 2 rings (SSSR count). The first-order valence-electron chi connectivity index (χ1n) is 8.94. The third-order valence-corrected chi connectivity index (χ3v) is 3.96. The van der Waals surface area contributed by atoms with E-state index in [0.717, 1.165) is 23.2 Å². The van der Waals surface area contributed by atoms with Crippen molar-refractivity contribution < 1.29 is 19.8 Å². The molecule has 0 aliphatic rings. The summed E-state index contributed by atoms with van der Waals surface area (Å²) < 4.78 is 0. The highest BCUT2D eigenvalue weighted by Gasteiger charge is 2.20. The van der Waals surface area contributed by atoms with Gasteiger partial charge in [0, 0.05) is 17.8 Å². The average molecular weight is 372 g/mol. The summed E-state index contributed by atoms with van der Waals surface area (Å²) >= 11 is 0. The molecule has 1 heterocycles. The third-order valence-electron chi connectivity index (χ3n) is 3.96. The summed E-state index contributed by atoms with van der Waals surface area (Å²) in [6.07, 6.45) is 3.20. The Balaban J connectivity index is 0.00000114. The van der Waals surface area contributed by atoms with E-state index in [2.05, 4.69) is 24.1 Å². The summed E-state index contributed by atoms with van der Waals surface area (Å²) in [6, 6.07) is 13.4. The molecule has 0 fully saturated rings. The minimum atomic E-state index is -0.806. The second kappa shape index (κ2) is 11.8. The fourth-order valence-electron chi connectivity index (χ4n) is 2.92. The summed E-state index contributed by atoms with van der Waals surface area (Å²) in [5.74, 6) is -0.265. The number of aromatic nitrogens is 1. The number of nitrogens with zero attached hydrogens (tertiary/aromatic N) is 1. The minimum absolute atomic E-state index is 0.180. The Kier molecular flexibility index (Phi) is 9.75. The van der Waals surface area contributed by atoms with Gasteiger partial charge in [-0.15, -0.1) is 0 Å². The highest BCUT2D eigenvalue weighted by molar-refractivity contribution is 5.74. The second-order valence-corrected chi connectivity index (χ2v) is 6.81. The fourth-order valence-corrected chi connectivity index (χ4v) is 2.92. The molecule has 2 aromatic rings. The molecule has 0 spiro atoms. The van der Waals surface area contributed by atoms with Crippen LogP contribution in [0.1, 0.15) is 32.8 Å². The van der Waals surface area contributed by atoms with E-state index < -0.39 is 12.0 Å². The van der Waals surface area contributed by atoms with Gasteiger partial charge in [0.1, 0.15) is 6.04 Å². The smallest absolute Gasteiger partial charge is 0.321 e. The molecular formula is C21H28N2O4. The first kappa shape index (κ1) is 22.3. The molecular weight excluding hydrogens is 344 g/mol. The van der Waals surface area contributed by atoms with Crippen molar-refractivity contribution in [2.24, 2.45) is 5.92 Å². The van der Waals surface area contributed by atoms with E-state index in [1.54, 1.807) is 6.20 Å². The van der Waals surface area contributed by atoms with Crippen molar-refractivity contribution >= 4 is 12.4 Å². The van der Waals surface area contributed by atoms with Crippen molar-refractivity contribution in [3.05, 3.63) is 54.2 Å². The molecule has 0 bridgehead atoms. The zero-order valence-corrected chi connectivity index (χ0v) is 16.0. The Bertz CT molecular complexity index is 687. The lowest BCUT2D eigenvalue weighted by Gasteiger charge is -2.21. The van der Waals surface area contributed by atoms with Crippen LogP contribution in [0.25, 0.3) is 11.3 Å². The van der Waals surface area contributed by atoms with Gasteiger partial charge in [-0.3, -0.25) is 14.6 Å². The number of nitrogens with one attached hydrogen (secondary N) is 1. The topological polar surface area (TPSA) is 99.5 Å². The third kappa shape index (κ3) is 8.46. The van der Waals surface area contributed by atoms with Crippen LogP contribution in [0.4, 0.5) is 0 Å². The molecule has 1 aromatic carbocycles. The van der Waals surface area contributed by atoms with E-state index in [-0.39, 0.29) is 12.5 Å². The van der Waals surface area contributed by atoms with Gasteiger partial charge in [-0.2, -0.15) is 0 Å². The molecule has 0 radical (unpaired) electrons. The van der Waals surface area contributed by atoms with E-state index in [1.165, 1.54) is 0 Å². The second-order valence-electron chi connectivity index (χ2n) is 6.81. The van der Waals surface area contributed by atoms with Crippen molar-refractivity contribution in [3.63, 3.8) is 0 Å². The van der Waals surface area contributed by atoms with Crippen LogP contribution >= 0.6 is 0 Å². The van der Waals surface area contributed by atoms with Gasteiger partial charge < -0.3 is 15.5 Å². The molecule has 6 heteroatoms. The number of hydrogen-bond donors (Lipinski definition) is 3. The lowest BCUT2D eigenvalue weighted by atomic mass is 10.0. The SMILES string of the molecule is CC(C)C[C@@H](C)N[C@@H](Cc1ccc(-c2ccccn2)cc1)C(=O)O.O=CO. The van der Waals surface area contributed by atoms with E-state index >= 15 is 0 Å². The minimum Gasteiger partial charge on any atom is -0.483 e. The maximum atomic E-state index is 11.5. The van der Waals surface area contributed by atoms with Crippen LogP contribution in [0, 0.1) is 5.92 Å². The molecule has 27 heavy (non-hydrogen) atoms. The van der Waals surface area contributed by atoms with Crippen molar-refractivity contribution in [3.8, 4) is 11.3 Å². The number of carboxylic acid groups (broad SMARTS) is 2. The number of rotatable bonds is 8. The average Bonchev–Trinajstić information content (AvgIpc) is 2.62. The lowest BCUT2D eigenvalue weighted by Crippen LogP contribution is -2.44. The highest BCUT2D eigenvalue weighted by atomic mass is 16.4. The van der Waals surface area contributed by atoms with Gasteiger partial charge in [0.25, 0.3) is 6.47 Å². The van der Waals surface area contributed by atoms with Crippen LogP contribution in [-0.4, -0.2) is 39.7 Å². The van der Waals surface area contributed by atoms with Crippen molar-refractivity contribution in [2.75, 3.05) is 0 Å². The molecule has 1 aromatic heterocycles. The number of pyridine rings is 1. The van der Waals surface area contributed by atoms with Gasteiger partial charge in [0.2, 0.25) is 0 Å². The van der Waals surface area contributed by atoms with E-state index in [0.29, 0.717) is 12.3 Å². The molecule has 6 nitrogen and oxygen atoms in total. The largest absolute Gasteiger partial charge is 0.483 e. The predicted octanol–water partition coefficient (Wildman–Crippen LogP) is 3.47. The summed E-state index contributed by atoms with van der Waals surface area (Å²) in [5.41, 5.74) is 2.96. The Morgan fingerprint density at radius 2 is 1.78 bits per heavy atom. The zero-order chi connectivity index (χ0) is 20.2. The van der Waals surface area contributed by atoms with Crippen LogP contribution in [0.5, 0.6) is 0 Å². The Morgan fingerprint density at radius 3 is 2.26 bits per heavy atom. The van der Waals surface area contributed by atoms with Crippen LogP contribution in [-0.2, 0) is 16.0 Å². The Hall–Kier alpha value is -2.73. The molecule has 0 unspecified atom stereocenters. The van der Waals surface area contributed by atoms with Crippen molar-refractivity contribution in [2.45, 2.75) is 45.7 Å². The van der Waals surface area contributed by atoms with Gasteiger partial charge in [-0.1, -0.05) is 44.2 Å². The monoisotopic (exact) mass is 372 g/mol. The van der Waals surface area contributed by atoms with Crippen molar-refractivity contribution in [1.29, 1.82) is 0 Å². The molecule has 146 valence electrons. The van der Waals surface area contributed by atoms with Crippen LogP contribution < -0.4 is 5.32 Å². The van der Waals surface area contributed by atoms with Gasteiger partial charge >= 0.3 is 5.97 Å². The zero-order valence-electron chi connectivity index (χ0n) is 16.0. The van der Waals surface area contributed by atoms with Gasteiger partial charge in [0.15, 0.2) is 0 Å². The number of aliphatic carboxylic acids is 1. The highest BCUT2D eigenvalue weighted by Crippen LogP contribution is 2.18. The van der Waals surface area contributed by atoms with Crippen LogP contribution in [0.15, 0.2) is 48.7 Å². The Labute approximate surface area is 160 Å². The lowest BCUT2D eigenvalue weighted by molar-refractivity contribution is -0.139. The molecule has 0 aliphatic heterocycles. The molecule has 0 saturated carbocycles. The number of carboxylic acids is 1. The molecule has 2 atom stereocenters. The molecule has 0 amide bonds. The van der Waals surface area contributed by atoms with Crippen LogP contribution in [0.3, 0.4) is 0 Å². The summed E-state index contributed by atoms with van der Waals surface area (Å²) in [6.45, 7) is 6.08. The van der Waals surface area contributed by atoms with Gasteiger partial charge in [-0.05, 0) is 43.4 Å². The summed E-state index contributed by atoms with van der Waals surface area (Å²) in [7, 11) is 0. The predicted molar refractivity (Wildman–Crippen MR) is 106 cm³/mol. The van der Waals surface area contributed by atoms with Crippen LogP contribution in [0.2, 0.25) is 0 Å². The van der Waals surface area contributed by atoms with Crippen molar-refractivity contribution in [1.82, 2.24) is 10.3 Å². The van der Waals surface area contributed by atoms with Gasteiger partial charge in [-0.25, -0.2) is 0 Å². The Morgan fingerprint density at radius 1 is 1.15 bits per heavy atom. The normalized spacial score (nSPS) is 12.6. The number of benzene rings is 1. The quantitative estimate of drug-likeness (QED) is 0.614. The van der Waals surface area contributed by atoms with E-state index in [4.69, 9.17) is 9.90 Å². The number of carbonyl (C=O) groups is 2. The summed E-state index contributed by atoms with van der Waals surface area (Å²) in [5, 5.41) is 19.6. The summed E-state index contributed by atoms with van der Waals surface area (Å²) in [4.78, 5) is 24.2. The first-order chi connectivity index (χ1) is 12.9. The first-order valence-corrected chi connectivity index (χ1v) is 8.94. The number of hydrogen-bond acceptors (Lipinski definition) is 4. The molecule has 3 N–H and O–H groups in total. The fraction of sp³-hybridized carbons (Fsp3) is 0.381. The molecule has 0 aliphatic carbocycles. The van der Waals surface area contributed by atoms with E-state index in [1.807, 2.05) is 49.4 Å². The van der Waals surface area contributed by atoms with Gasteiger partial charge in [0.05, 0.1) is 5.69 Å². The maximum absolute atomic E-state index is 11.5. The standard InChI is InChI=1S/C20H26N2O2.CH2O2/c1-14(2)12-15(3)22-19(20(23)24)13-16-7-9-17(10-8-16)18-6-4-5-11-21-18;2-1-3/h4-11,14-15,19,22H,12-13H2,1-3H3,(H,23,24);1H,(H,2,3)/t15-,19+;/m1./s1.